The van der Waals surface area contributed by atoms with Crippen molar-refractivity contribution in [1.82, 2.24) is 19.7 Å². The first-order chi connectivity index (χ1) is 12.0. The number of likely N-dealkylation sites (tertiary alicyclic amines) is 2. The lowest BCUT2D eigenvalue weighted by Gasteiger charge is -2.29. The average molecular weight is 346 g/mol. The molecule has 3 heterocycles. The van der Waals surface area contributed by atoms with Crippen LogP contribution in [-0.4, -0.2) is 84.1 Å². The van der Waals surface area contributed by atoms with Gasteiger partial charge in [-0.1, -0.05) is 6.07 Å². The lowest BCUT2D eigenvalue weighted by atomic mass is 9.75. The van der Waals surface area contributed by atoms with Crippen LogP contribution in [0.15, 0.2) is 24.4 Å². The quantitative estimate of drug-likeness (QED) is 0.836. The second kappa shape index (κ2) is 7.81. The van der Waals surface area contributed by atoms with E-state index in [4.69, 9.17) is 0 Å². The standard InChI is InChI=1S/C19H30N4O2/c1-21(2)10-11-23-13-16-12-22(14-17-6-3-4-8-20-17)9-5-7-19(16,15-23)18(24)25/h3-4,6,8,16H,5,7,9-15H2,1-2H3,(H,24,25)/t16-,19-/m1/s1. The predicted molar refractivity (Wildman–Crippen MR) is 97.3 cm³/mol. The van der Waals surface area contributed by atoms with E-state index in [2.05, 4.69) is 33.8 Å². The Hall–Kier alpha value is -1.50. The third-order valence-corrected chi connectivity index (χ3v) is 5.74. The highest BCUT2D eigenvalue weighted by atomic mass is 16.4. The van der Waals surface area contributed by atoms with Crippen molar-refractivity contribution < 1.29 is 9.90 Å². The summed E-state index contributed by atoms with van der Waals surface area (Å²) < 4.78 is 0. The van der Waals surface area contributed by atoms with Crippen LogP contribution in [0.2, 0.25) is 0 Å². The van der Waals surface area contributed by atoms with Crippen LogP contribution in [0.3, 0.4) is 0 Å². The largest absolute Gasteiger partial charge is 0.481 e. The lowest BCUT2D eigenvalue weighted by molar-refractivity contribution is -0.151. The summed E-state index contributed by atoms with van der Waals surface area (Å²) >= 11 is 0. The second-order valence-corrected chi connectivity index (χ2v) is 7.86. The highest BCUT2D eigenvalue weighted by Crippen LogP contribution is 2.43. The molecule has 0 spiro atoms. The SMILES string of the molecule is CN(C)CCN1C[C@H]2CN(Cc3ccccn3)CCC[C@@]2(C(=O)O)C1. The molecule has 1 aromatic heterocycles. The number of rotatable bonds is 6. The van der Waals surface area contributed by atoms with E-state index in [9.17, 15) is 9.90 Å². The number of aromatic nitrogens is 1. The van der Waals surface area contributed by atoms with Crippen molar-refractivity contribution in [3.63, 3.8) is 0 Å². The maximum Gasteiger partial charge on any atom is 0.311 e. The fraction of sp³-hybridized carbons (Fsp3) is 0.684. The molecule has 2 aliphatic rings. The zero-order valence-electron chi connectivity index (χ0n) is 15.4. The Morgan fingerprint density at radius 3 is 2.84 bits per heavy atom. The Balaban J connectivity index is 1.70. The van der Waals surface area contributed by atoms with Gasteiger partial charge in [0.05, 0.1) is 11.1 Å². The zero-order valence-corrected chi connectivity index (χ0v) is 15.4. The van der Waals surface area contributed by atoms with Gasteiger partial charge in [0.15, 0.2) is 0 Å². The van der Waals surface area contributed by atoms with Gasteiger partial charge in [-0.2, -0.15) is 0 Å². The van der Waals surface area contributed by atoms with E-state index in [1.165, 1.54) is 0 Å². The molecule has 0 radical (unpaired) electrons. The summed E-state index contributed by atoms with van der Waals surface area (Å²) in [6.45, 7) is 6.11. The molecule has 2 atom stereocenters. The molecule has 2 fully saturated rings. The van der Waals surface area contributed by atoms with Crippen molar-refractivity contribution >= 4 is 5.97 Å². The van der Waals surface area contributed by atoms with Crippen molar-refractivity contribution in [2.45, 2.75) is 19.4 Å². The predicted octanol–water partition coefficient (Wildman–Crippen LogP) is 1.24. The van der Waals surface area contributed by atoms with Gasteiger partial charge in [-0.3, -0.25) is 14.7 Å². The first kappa shape index (κ1) is 18.3. The van der Waals surface area contributed by atoms with E-state index in [-0.39, 0.29) is 5.92 Å². The van der Waals surface area contributed by atoms with Crippen LogP contribution in [0.5, 0.6) is 0 Å². The molecule has 0 amide bonds. The number of likely N-dealkylation sites (N-methyl/N-ethyl adjacent to an activating group) is 1. The fourth-order valence-corrected chi connectivity index (χ4v) is 4.34. The molecule has 0 saturated carbocycles. The van der Waals surface area contributed by atoms with Gasteiger partial charge in [0, 0.05) is 51.4 Å². The first-order valence-electron chi connectivity index (χ1n) is 9.22. The summed E-state index contributed by atoms with van der Waals surface area (Å²) in [5, 5.41) is 10.0. The van der Waals surface area contributed by atoms with Crippen molar-refractivity contribution in [2.75, 3.05) is 53.4 Å². The van der Waals surface area contributed by atoms with Crippen LogP contribution in [0.1, 0.15) is 18.5 Å². The van der Waals surface area contributed by atoms with Crippen LogP contribution in [0.4, 0.5) is 0 Å². The number of pyridine rings is 1. The maximum atomic E-state index is 12.2. The molecule has 0 unspecified atom stereocenters. The maximum absolute atomic E-state index is 12.2. The molecule has 0 aromatic carbocycles. The third kappa shape index (κ3) is 4.19. The molecule has 1 aromatic rings. The van der Waals surface area contributed by atoms with E-state index >= 15 is 0 Å². The monoisotopic (exact) mass is 346 g/mol. The molecule has 0 aliphatic carbocycles. The third-order valence-electron chi connectivity index (χ3n) is 5.74. The van der Waals surface area contributed by atoms with Crippen LogP contribution >= 0.6 is 0 Å². The molecule has 2 aliphatic heterocycles. The molecule has 0 bridgehead atoms. The highest BCUT2D eigenvalue weighted by Gasteiger charge is 2.53. The summed E-state index contributed by atoms with van der Waals surface area (Å²) in [6, 6.07) is 5.99. The number of aliphatic carboxylic acids is 1. The Labute approximate surface area is 150 Å². The van der Waals surface area contributed by atoms with Gasteiger partial charge in [0.25, 0.3) is 0 Å². The number of carboxylic acids is 1. The molecule has 6 heteroatoms. The van der Waals surface area contributed by atoms with Crippen LogP contribution in [0.25, 0.3) is 0 Å². The van der Waals surface area contributed by atoms with Gasteiger partial charge in [-0.05, 0) is 45.6 Å². The van der Waals surface area contributed by atoms with Crippen LogP contribution < -0.4 is 0 Å². The van der Waals surface area contributed by atoms with Crippen LogP contribution in [-0.2, 0) is 11.3 Å². The minimum Gasteiger partial charge on any atom is -0.481 e. The summed E-state index contributed by atoms with van der Waals surface area (Å²) in [5.41, 5.74) is 0.485. The molecule has 138 valence electrons. The van der Waals surface area contributed by atoms with Gasteiger partial charge in [0.2, 0.25) is 0 Å². The summed E-state index contributed by atoms with van der Waals surface area (Å²) in [7, 11) is 4.13. The fourth-order valence-electron chi connectivity index (χ4n) is 4.34. The summed E-state index contributed by atoms with van der Waals surface area (Å²) in [5.74, 6) is -0.414. The van der Waals surface area contributed by atoms with Gasteiger partial charge in [-0.25, -0.2) is 0 Å². The molecule has 2 saturated heterocycles. The van der Waals surface area contributed by atoms with Gasteiger partial charge < -0.3 is 14.9 Å². The minimum absolute atomic E-state index is 0.193. The Kier molecular flexibility index (Phi) is 5.71. The smallest absolute Gasteiger partial charge is 0.311 e. The second-order valence-electron chi connectivity index (χ2n) is 7.86. The Morgan fingerprint density at radius 1 is 1.36 bits per heavy atom. The molecule has 1 N–H and O–H groups in total. The number of nitrogens with zero attached hydrogens (tertiary/aromatic N) is 4. The zero-order chi connectivity index (χ0) is 17.9. The van der Waals surface area contributed by atoms with E-state index in [0.29, 0.717) is 6.54 Å². The van der Waals surface area contributed by atoms with Gasteiger partial charge in [-0.15, -0.1) is 0 Å². The molecule has 6 nitrogen and oxygen atoms in total. The first-order valence-corrected chi connectivity index (χ1v) is 9.22. The van der Waals surface area contributed by atoms with Crippen molar-refractivity contribution in [3.8, 4) is 0 Å². The van der Waals surface area contributed by atoms with E-state index in [1.807, 2.05) is 24.4 Å². The van der Waals surface area contributed by atoms with E-state index in [1.54, 1.807) is 0 Å². The summed E-state index contributed by atoms with van der Waals surface area (Å²) in [6.07, 6.45) is 3.55. The highest BCUT2D eigenvalue weighted by molar-refractivity contribution is 5.76. The van der Waals surface area contributed by atoms with Gasteiger partial charge in [0.1, 0.15) is 0 Å². The van der Waals surface area contributed by atoms with Crippen molar-refractivity contribution in [1.29, 1.82) is 0 Å². The van der Waals surface area contributed by atoms with Crippen molar-refractivity contribution in [2.24, 2.45) is 11.3 Å². The molecule has 3 rings (SSSR count). The minimum atomic E-state index is -0.607. The molecule has 25 heavy (non-hydrogen) atoms. The molecular weight excluding hydrogens is 316 g/mol. The average Bonchev–Trinajstić information content (AvgIpc) is 2.84. The number of carboxylic acid groups (broad SMARTS) is 1. The number of carbonyl (C=O) groups is 1. The molecular formula is C19H30N4O2. The Bertz CT molecular complexity index is 580. The lowest BCUT2D eigenvalue weighted by Crippen LogP contribution is -2.41. The van der Waals surface area contributed by atoms with Crippen LogP contribution in [0, 0.1) is 11.3 Å². The topological polar surface area (TPSA) is 59.9 Å². The number of hydrogen-bond acceptors (Lipinski definition) is 5. The number of fused-ring (bicyclic) bond motifs is 1. The van der Waals surface area contributed by atoms with E-state index in [0.717, 1.165) is 57.8 Å². The van der Waals surface area contributed by atoms with Crippen molar-refractivity contribution in [3.05, 3.63) is 30.1 Å². The van der Waals surface area contributed by atoms with Gasteiger partial charge >= 0.3 is 5.97 Å². The number of hydrogen-bond donors (Lipinski definition) is 1. The summed E-state index contributed by atoms with van der Waals surface area (Å²) in [4.78, 5) is 23.5. The van der Waals surface area contributed by atoms with E-state index < -0.39 is 11.4 Å². The normalized spacial score (nSPS) is 28.0. The Morgan fingerprint density at radius 2 is 2.16 bits per heavy atom.